The van der Waals surface area contributed by atoms with Crippen LogP contribution in [-0.4, -0.2) is 0 Å². The van der Waals surface area contributed by atoms with Crippen LogP contribution in [0.5, 0.6) is 34.5 Å². The second kappa shape index (κ2) is 10.4. The van der Waals surface area contributed by atoms with E-state index >= 15 is 0 Å². The van der Waals surface area contributed by atoms with Gasteiger partial charge in [-0.1, -0.05) is 54.6 Å². The molecule has 0 N–H and O–H groups in total. The van der Waals surface area contributed by atoms with Gasteiger partial charge in [0.15, 0.2) is 0 Å². The Labute approximate surface area is 221 Å². The van der Waals surface area contributed by atoms with Gasteiger partial charge in [-0.15, -0.1) is 34.0 Å². The maximum Gasteiger partial charge on any atom is 0.147 e. The molecule has 0 atom stereocenters. The first-order valence-electron chi connectivity index (χ1n) is 11.3. The van der Waals surface area contributed by atoms with Crippen LogP contribution in [-0.2, 0) is 0 Å². The molecule has 6 rings (SSSR count). The standard InChI is InChI=1S/C30H20O3S3/c1-4-10-21(11-5-1)31-24-18-27(35-20-24)30-26(33-23-14-8-3-9-15-23)19-28(36-30)29-25(16-17-34-29)32-22-12-6-2-7-13-22/h1-20H. The lowest BCUT2D eigenvalue weighted by atomic mass is 10.3. The van der Waals surface area contributed by atoms with E-state index in [1.165, 1.54) is 0 Å². The summed E-state index contributed by atoms with van der Waals surface area (Å²) in [6, 6.07) is 35.7. The van der Waals surface area contributed by atoms with Crippen LogP contribution in [0, 0.1) is 0 Å². The van der Waals surface area contributed by atoms with Crippen molar-refractivity contribution in [3.63, 3.8) is 0 Å². The molecule has 0 aliphatic carbocycles. The Hall–Kier alpha value is -3.84. The van der Waals surface area contributed by atoms with Crippen LogP contribution in [0.15, 0.2) is 120 Å². The SMILES string of the molecule is c1ccc(Oc2csc(-c3sc(-c4sccc4Oc4ccccc4)cc3Oc3ccccc3)c2)cc1. The fourth-order valence-electron chi connectivity index (χ4n) is 3.64. The Balaban J connectivity index is 1.36. The van der Waals surface area contributed by atoms with Crippen molar-refractivity contribution in [2.45, 2.75) is 0 Å². The molecule has 0 bridgehead atoms. The van der Waals surface area contributed by atoms with E-state index in [-0.39, 0.29) is 0 Å². The third-order valence-corrected chi connectivity index (χ3v) is 8.55. The van der Waals surface area contributed by atoms with E-state index in [1.54, 1.807) is 34.0 Å². The summed E-state index contributed by atoms with van der Waals surface area (Å²) in [7, 11) is 0. The molecule has 3 aromatic carbocycles. The molecule has 0 amide bonds. The zero-order chi connectivity index (χ0) is 24.2. The molecule has 3 aromatic heterocycles. The predicted octanol–water partition coefficient (Wildman–Crippen LogP) is 10.6. The van der Waals surface area contributed by atoms with E-state index < -0.39 is 0 Å². The fourth-order valence-corrected chi connectivity index (χ4v) is 6.60. The Bertz CT molecular complexity index is 1550. The smallest absolute Gasteiger partial charge is 0.147 e. The molecule has 0 saturated heterocycles. The van der Waals surface area contributed by atoms with E-state index in [0.29, 0.717) is 0 Å². The second-order valence-corrected chi connectivity index (χ2v) is 10.7. The molecule has 176 valence electrons. The molecule has 0 aliphatic heterocycles. The Morgan fingerprint density at radius 2 is 1.03 bits per heavy atom. The van der Waals surface area contributed by atoms with Gasteiger partial charge < -0.3 is 14.2 Å². The minimum Gasteiger partial charge on any atom is -0.456 e. The molecule has 36 heavy (non-hydrogen) atoms. The third kappa shape index (κ3) is 5.06. The van der Waals surface area contributed by atoms with Gasteiger partial charge in [0.1, 0.15) is 34.5 Å². The number of hydrogen-bond acceptors (Lipinski definition) is 6. The summed E-state index contributed by atoms with van der Waals surface area (Å²) in [5.74, 6) is 4.89. The van der Waals surface area contributed by atoms with Gasteiger partial charge in [-0.3, -0.25) is 0 Å². The second-order valence-electron chi connectivity index (χ2n) is 7.81. The van der Waals surface area contributed by atoms with Crippen molar-refractivity contribution >= 4 is 34.0 Å². The van der Waals surface area contributed by atoms with E-state index in [2.05, 4.69) is 17.5 Å². The summed E-state index contributed by atoms with van der Waals surface area (Å²) in [6.07, 6.45) is 0. The quantitative estimate of drug-likeness (QED) is 0.198. The maximum absolute atomic E-state index is 6.37. The first kappa shape index (κ1) is 22.6. The van der Waals surface area contributed by atoms with E-state index in [1.807, 2.05) is 102 Å². The Morgan fingerprint density at radius 3 is 1.67 bits per heavy atom. The number of ether oxygens (including phenoxy) is 3. The van der Waals surface area contributed by atoms with Gasteiger partial charge in [0.2, 0.25) is 0 Å². The zero-order valence-electron chi connectivity index (χ0n) is 19.0. The minimum absolute atomic E-state index is 0.798. The molecule has 0 unspecified atom stereocenters. The molecule has 0 spiro atoms. The van der Waals surface area contributed by atoms with Crippen LogP contribution in [0.1, 0.15) is 0 Å². The van der Waals surface area contributed by atoms with Gasteiger partial charge in [-0.05, 0) is 47.8 Å². The van der Waals surface area contributed by atoms with Crippen molar-refractivity contribution in [3.05, 3.63) is 120 Å². The van der Waals surface area contributed by atoms with Gasteiger partial charge >= 0.3 is 0 Å². The summed E-state index contributed by atoms with van der Waals surface area (Å²) < 4.78 is 18.6. The number of benzene rings is 3. The highest BCUT2D eigenvalue weighted by molar-refractivity contribution is 7.26. The summed E-state index contributed by atoms with van der Waals surface area (Å²) >= 11 is 5.00. The van der Waals surface area contributed by atoms with Crippen LogP contribution in [0.3, 0.4) is 0 Å². The molecular weight excluding hydrogens is 505 g/mol. The highest BCUT2D eigenvalue weighted by Gasteiger charge is 2.20. The minimum atomic E-state index is 0.798. The Morgan fingerprint density at radius 1 is 0.444 bits per heavy atom. The predicted molar refractivity (Wildman–Crippen MR) is 150 cm³/mol. The van der Waals surface area contributed by atoms with Gasteiger partial charge in [0.05, 0.1) is 19.5 Å². The third-order valence-electron chi connectivity index (χ3n) is 5.27. The summed E-state index contributed by atoms with van der Waals surface area (Å²) in [5, 5.41) is 4.09. The van der Waals surface area contributed by atoms with Gasteiger partial charge in [-0.25, -0.2) is 0 Å². The van der Waals surface area contributed by atoms with Crippen LogP contribution < -0.4 is 14.2 Å². The highest BCUT2D eigenvalue weighted by atomic mass is 32.1. The lowest BCUT2D eigenvalue weighted by Crippen LogP contribution is -1.83. The first-order chi connectivity index (χ1) is 17.8. The first-order valence-corrected chi connectivity index (χ1v) is 13.9. The molecule has 6 aromatic rings. The molecule has 6 heteroatoms. The molecule has 0 fully saturated rings. The topological polar surface area (TPSA) is 27.7 Å². The summed E-state index contributed by atoms with van der Waals surface area (Å²) in [4.78, 5) is 4.31. The van der Waals surface area contributed by atoms with E-state index in [0.717, 1.165) is 54.0 Å². The fraction of sp³-hybridized carbons (Fsp3) is 0. The van der Waals surface area contributed by atoms with Crippen molar-refractivity contribution in [2.75, 3.05) is 0 Å². The lowest BCUT2D eigenvalue weighted by Gasteiger charge is -2.05. The lowest BCUT2D eigenvalue weighted by molar-refractivity contribution is 0.484. The van der Waals surface area contributed by atoms with Gasteiger partial charge in [0, 0.05) is 17.5 Å². The summed E-state index contributed by atoms with van der Waals surface area (Å²) in [5.41, 5.74) is 0. The van der Waals surface area contributed by atoms with Gasteiger partial charge in [0.25, 0.3) is 0 Å². The molecular formula is C30H20O3S3. The highest BCUT2D eigenvalue weighted by Crippen LogP contribution is 2.50. The molecule has 0 saturated carbocycles. The average Bonchev–Trinajstić information content (AvgIpc) is 3.66. The number of rotatable bonds is 8. The molecule has 0 radical (unpaired) electrons. The van der Waals surface area contributed by atoms with Crippen molar-refractivity contribution in [1.82, 2.24) is 0 Å². The van der Waals surface area contributed by atoms with Crippen LogP contribution in [0.4, 0.5) is 0 Å². The van der Waals surface area contributed by atoms with Gasteiger partial charge in [-0.2, -0.15) is 0 Å². The molecule has 3 nitrogen and oxygen atoms in total. The van der Waals surface area contributed by atoms with Crippen molar-refractivity contribution < 1.29 is 14.2 Å². The summed E-state index contributed by atoms with van der Waals surface area (Å²) in [6.45, 7) is 0. The maximum atomic E-state index is 6.37. The van der Waals surface area contributed by atoms with Crippen LogP contribution in [0.2, 0.25) is 0 Å². The Kier molecular flexibility index (Phi) is 6.54. The zero-order valence-corrected chi connectivity index (χ0v) is 21.4. The molecule has 3 heterocycles. The van der Waals surface area contributed by atoms with Crippen molar-refractivity contribution in [3.8, 4) is 54.0 Å². The number of para-hydroxylation sites is 3. The number of thiophene rings is 3. The molecule has 0 aliphatic rings. The normalized spacial score (nSPS) is 10.8. The van der Waals surface area contributed by atoms with Crippen LogP contribution >= 0.6 is 34.0 Å². The largest absolute Gasteiger partial charge is 0.456 e. The van der Waals surface area contributed by atoms with E-state index in [4.69, 9.17) is 14.2 Å². The number of hydrogen-bond donors (Lipinski definition) is 0. The van der Waals surface area contributed by atoms with Crippen molar-refractivity contribution in [1.29, 1.82) is 0 Å². The van der Waals surface area contributed by atoms with Crippen LogP contribution in [0.25, 0.3) is 19.5 Å². The monoisotopic (exact) mass is 524 g/mol. The average molecular weight is 525 g/mol. The van der Waals surface area contributed by atoms with E-state index in [9.17, 15) is 0 Å². The van der Waals surface area contributed by atoms with Crippen molar-refractivity contribution in [2.24, 2.45) is 0 Å².